The lowest BCUT2D eigenvalue weighted by Crippen LogP contribution is -2.03. The van der Waals surface area contributed by atoms with Gasteiger partial charge in [0.2, 0.25) is 0 Å². The average Bonchev–Trinajstić information content (AvgIpc) is 2.34. The van der Waals surface area contributed by atoms with Crippen LogP contribution in [0.25, 0.3) is 0 Å². The molecule has 2 aromatic rings. The van der Waals surface area contributed by atoms with Crippen molar-refractivity contribution in [3.8, 4) is 0 Å². The molecule has 0 N–H and O–H groups in total. The van der Waals surface area contributed by atoms with E-state index in [2.05, 4.69) is 31.9 Å². The highest BCUT2D eigenvalue weighted by molar-refractivity contribution is 9.11. The molecule has 92 valence electrons. The van der Waals surface area contributed by atoms with E-state index in [1.807, 2.05) is 6.07 Å². The van der Waals surface area contributed by atoms with Crippen molar-refractivity contribution >= 4 is 60.8 Å². The van der Waals surface area contributed by atoms with E-state index in [1.54, 1.807) is 30.3 Å². The Morgan fingerprint density at radius 2 is 1.67 bits per heavy atom. The highest BCUT2D eigenvalue weighted by Crippen LogP contribution is 2.28. The molecular weight excluding hydrogens is 403 g/mol. The molecule has 0 aliphatic rings. The minimum atomic E-state index is -0.171. The average molecular weight is 409 g/mol. The number of hydrogen-bond donors (Lipinski definition) is 0. The number of hydrogen-bond acceptors (Lipinski definition) is 1. The zero-order chi connectivity index (χ0) is 13.3. The topological polar surface area (TPSA) is 17.1 Å². The van der Waals surface area contributed by atoms with E-state index in [1.165, 1.54) is 0 Å². The van der Waals surface area contributed by atoms with Crippen molar-refractivity contribution in [1.29, 1.82) is 0 Å². The van der Waals surface area contributed by atoms with Crippen LogP contribution >= 0.6 is 55.1 Å². The van der Waals surface area contributed by atoms with Crippen molar-refractivity contribution in [2.24, 2.45) is 0 Å². The Morgan fingerprint density at radius 3 is 2.39 bits per heavy atom. The third-order valence-corrected chi connectivity index (χ3v) is 4.10. The minimum absolute atomic E-state index is 0.171. The van der Waals surface area contributed by atoms with Gasteiger partial charge in [-0.25, -0.2) is 0 Å². The van der Waals surface area contributed by atoms with E-state index in [0.29, 0.717) is 25.6 Å². The van der Waals surface area contributed by atoms with Gasteiger partial charge in [-0.2, -0.15) is 0 Å². The summed E-state index contributed by atoms with van der Waals surface area (Å²) in [6.45, 7) is 0. The molecule has 0 aliphatic heterocycles. The van der Waals surface area contributed by atoms with Crippen molar-refractivity contribution in [1.82, 2.24) is 0 Å². The Balaban J connectivity index is 2.54. The second kappa shape index (κ2) is 5.74. The van der Waals surface area contributed by atoms with E-state index in [4.69, 9.17) is 23.2 Å². The molecule has 0 amide bonds. The van der Waals surface area contributed by atoms with Gasteiger partial charge in [-0.05, 0) is 36.4 Å². The first-order valence-electron chi connectivity index (χ1n) is 4.94. The Bertz CT molecular complexity index is 573. The van der Waals surface area contributed by atoms with Gasteiger partial charge in [0, 0.05) is 25.1 Å². The molecular formula is C13H6Br2Cl2O. The Labute approximate surface area is 131 Å². The van der Waals surface area contributed by atoms with E-state index in [9.17, 15) is 4.79 Å². The van der Waals surface area contributed by atoms with Crippen LogP contribution in [0.15, 0.2) is 45.3 Å². The van der Waals surface area contributed by atoms with Crippen LogP contribution in [0.4, 0.5) is 0 Å². The van der Waals surface area contributed by atoms with Crippen LogP contribution in [0.2, 0.25) is 10.0 Å². The number of carbonyl (C=O) groups excluding carboxylic acids is 1. The van der Waals surface area contributed by atoms with Gasteiger partial charge in [0.1, 0.15) is 0 Å². The zero-order valence-electron chi connectivity index (χ0n) is 8.88. The Kier molecular flexibility index (Phi) is 4.49. The maximum absolute atomic E-state index is 12.4. The van der Waals surface area contributed by atoms with Crippen LogP contribution in [-0.2, 0) is 0 Å². The number of rotatable bonds is 2. The van der Waals surface area contributed by atoms with Gasteiger partial charge in [-0.1, -0.05) is 55.1 Å². The summed E-state index contributed by atoms with van der Waals surface area (Å²) in [5.74, 6) is -0.171. The highest BCUT2D eigenvalue weighted by Gasteiger charge is 2.16. The first-order chi connectivity index (χ1) is 8.49. The second-order valence-corrected chi connectivity index (χ2v) is 6.19. The number of ketones is 1. The van der Waals surface area contributed by atoms with Crippen molar-refractivity contribution in [2.45, 2.75) is 0 Å². The van der Waals surface area contributed by atoms with Crippen molar-refractivity contribution in [3.63, 3.8) is 0 Å². The Hall–Kier alpha value is -0.350. The van der Waals surface area contributed by atoms with Gasteiger partial charge in [-0.3, -0.25) is 4.79 Å². The molecule has 0 saturated heterocycles. The van der Waals surface area contributed by atoms with Crippen LogP contribution in [0.1, 0.15) is 15.9 Å². The summed E-state index contributed by atoms with van der Waals surface area (Å²) in [6, 6.07) is 10.2. The normalized spacial score (nSPS) is 10.4. The molecule has 0 unspecified atom stereocenters. The molecule has 2 rings (SSSR count). The smallest absolute Gasteiger partial charge is 0.195 e. The van der Waals surface area contributed by atoms with Crippen LogP contribution in [0, 0.1) is 0 Å². The van der Waals surface area contributed by atoms with Gasteiger partial charge >= 0.3 is 0 Å². The number of carbonyl (C=O) groups is 1. The summed E-state index contributed by atoms with van der Waals surface area (Å²) in [7, 11) is 0. The predicted molar refractivity (Wildman–Crippen MR) is 81.7 cm³/mol. The third-order valence-electron chi connectivity index (χ3n) is 2.35. The zero-order valence-corrected chi connectivity index (χ0v) is 13.6. The van der Waals surface area contributed by atoms with E-state index < -0.39 is 0 Å². The third kappa shape index (κ3) is 2.97. The lowest BCUT2D eigenvalue weighted by Gasteiger charge is -2.07. The van der Waals surface area contributed by atoms with Crippen molar-refractivity contribution in [2.75, 3.05) is 0 Å². The quantitative estimate of drug-likeness (QED) is 0.578. The highest BCUT2D eigenvalue weighted by atomic mass is 79.9. The molecule has 0 radical (unpaired) electrons. The molecule has 18 heavy (non-hydrogen) atoms. The van der Waals surface area contributed by atoms with E-state index in [0.717, 1.165) is 4.47 Å². The van der Waals surface area contributed by atoms with E-state index >= 15 is 0 Å². The fourth-order valence-corrected chi connectivity index (χ4v) is 2.65. The van der Waals surface area contributed by atoms with Crippen LogP contribution < -0.4 is 0 Å². The molecule has 0 heterocycles. The summed E-state index contributed by atoms with van der Waals surface area (Å²) in [5, 5.41) is 0.866. The maximum atomic E-state index is 12.4. The molecule has 0 saturated carbocycles. The fraction of sp³-hybridized carbons (Fsp3) is 0. The SMILES string of the molecule is O=C(c1cc(Cl)ccc1Cl)c1cc(Br)ccc1Br. The molecule has 0 bridgehead atoms. The first kappa shape index (κ1) is 14.1. The predicted octanol–water partition coefficient (Wildman–Crippen LogP) is 5.75. The van der Waals surface area contributed by atoms with Gasteiger partial charge in [-0.15, -0.1) is 0 Å². The summed E-state index contributed by atoms with van der Waals surface area (Å²) in [4.78, 5) is 12.4. The monoisotopic (exact) mass is 406 g/mol. The fourth-order valence-electron chi connectivity index (χ4n) is 1.49. The molecule has 0 aromatic heterocycles. The standard InChI is InChI=1S/C13H6Br2Cl2O/c14-7-1-3-11(15)9(5-7)13(18)10-6-8(16)2-4-12(10)17/h1-6H. The van der Waals surface area contributed by atoms with Gasteiger partial charge in [0.15, 0.2) is 5.78 Å². The molecule has 0 fully saturated rings. The van der Waals surface area contributed by atoms with E-state index in [-0.39, 0.29) is 5.78 Å². The molecule has 1 nitrogen and oxygen atoms in total. The number of halogens is 4. The van der Waals surface area contributed by atoms with Crippen molar-refractivity contribution in [3.05, 3.63) is 66.5 Å². The molecule has 2 aromatic carbocycles. The lowest BCUT2D eigenvalue weighted by molar-refractivity contribution is 0.103. The maximum Gasteiger partial charge on any atom is 0.195 e. The van der Waals surface area contributed by atoms with Crippen molar-refractivity contribution < 1.29 is 4.79 Å². The summed E-state index contributed by atoms with van der Waals surface area (Å²) in [6.07, 6.45) is 0. The largest absolute Gasteiger partial charge is 0.289 e. The van der Waals surface area contributed by atoms with Crippen LogP contribution in [-0.4, -0.2) is 5.78 Å². The molecule has 0 atom stereocenters. The second-order valence-electron chi connectivity index (χ2n) is 3.58. The number of benzene rings is 2. The van der Waals surface area contributed by atoms with Crippen LogP contribution in [0.3, 0.4) is 0 Å². The van der Waals surface area contributed by atoms with Gasteiger partial charge < -0.3 is 0 Å². The lowest BCUT2D eigenvalue weighted by atomic mass is 10.0. The summed E-state index contributed by atoms with van der Waals surface area (Å²) >= 11 is 18.6. The molecule has 0 aliphatic carbocycles. The molecule has 5 heteroatoms. The molecule has 0 spiro atoms. The summed E-state index contributed by atoms with van der Waals surface area (Å²) < 4.78 is 1.54. The van der Waals surface area contributed by atoms with Gasteiger partial charge in [0.25, 0.3) is 0 Å². The minimum Gasteiger partial charge on any atom is -0.289 e. The van der Waals surface area contributed by atoms with Crippen LogP contribution in [0.5, 0.6) is 0 Å². The summed E-state index contributed by atoms with van der Waals surface area (Å²) in [5.41, 5.74) is 0.927. The van der Waals surface area contributed by atoms with Gasteiger partial charge in [0.05, 0.1) is 5.02 Å². The Morgan fingerprint density at radius 1 is 0.944 bits per heavy atom. The first-order valence-corrected chi connectivity index (χ1v) is 7.28.